The zero-order chi connectivity index (χ0) is 4.69. The topological polar surface area (TPSA) is 0 Å². The molecule has 0 spiro atoms. The second-order valence-electron chi connectivity index (χ2n) is 2.01. The minimum atomic E-state index is 1.01. The van der Waals surface area contributed by atoms with Gasteiger partial charge in [-0.3, -0.25) is 0 Å². The van der Waals surface area contributed by atoms with Crippen molar-refractivity contribution in [2.24, 2.45) is 0 Å². The van der Waals surface area contributed by atoms with Crippen LogP contribution in [0.2, 0.25) is 0 Å². The summed E-state index contributed by atoms with van der Waals surface area (Å²) in [6, 6.07) is 0. The number of rotatable bonds is 0. The smallest absolute Gasteiger partial charge is 0.0904 e. The number of allylic oxidation sites excluding steroid dienone is 2. The molecule has 0 N–H and O–H groups in total. The molecular weight excluding hydrogens is 100 g/mol. The van der Waals surface area contributed by atoms with E-state index in [2.05, 4.69) is 11.4 Å². The Balaban J connectivity index is 2.42. The first kappa shape index (κ1) is 3.67. The highest BCUT2D eigenvalue weighted by molar-refractivity contribution is 6.50. The maximum atomic E-state index is 2.36. The average Bonchev–Trinajstić information content (AvgIpc) is 1.85. The van der Waals surface area contributed by atoms with E-state index in [0.29, 0.717) is 0 Å². The van der Waals surface area contributed by atoms with Crippen molar-refractivity contribution >= 4 is 9.52 Å². The summed E-state index contributed by atoms with van der Waals surface area (Å²) in [5, 5.41) is 0. The van der Waals surface area contributed by atoms with Crippen molar-refractivity contribution in [2.75, 3.05) is 0 Å². The molecule has 34 valence electrons. The maximum Gasteiger partial charge on any atom is 0.101 e. The molecule has 1 heteroatoms. The summed E-state index contributed by atoms with van der Waals surface area (Å²) in [5.41, 5.74) is 7.99. The van der Waals surface area contributed by atoms with Crippen LogP contribution < -0.4 is 0 Å². The highest BCUT2D eigenvalue weighted by Crippen LogP contribution is 2.34. The van der Waals surface area contributed by atoms with Crippen LogP contribution in [0.1, 0.15) is 12.8 Å². The fourth-order valence-electron chi connectivity index (χ4n) is 0.986. The van der Waals surface area contributed by atoms with Crippen molar-refractivity contribution in [2.45, 2.75) is 12.8 Å². The van der Waals surface area contributed by atoms with Crippen molar-refractivity contribution in [3.63, 3.8) is 0 Å². The van der Waals surface area contributed by atoms with Crippen molar-refractivity contribution < 1.29 is 0 Å². The fraction of sp³-hybridized carbons (Fsp3) is 0.333. The van der Waals surface area contributed by atoms with E-state index in [1.54, 1.807) is 11.1 Å². The van der Waals surface area contributed by atoms with E-state index in [4.69, 9.17) is 0 Å². The zero-order valence-electron chi connectivity index (χ0n) is 4.07. The van der Waals surface area contributed by atoms with Gasteiger partial charge in [-0.1, -0.05) is 22.5 Å². The van der Waals surface area contributed by atoms with Gasteiger partial charge in [0.05, 0.1) is 0 Å². The van der Waals surface area contributed by atoms with E-state index in [1.807, 2.05) is 0 Å². The summed E-state index contributed by atoms with van der Waals surface area (Å²) in [7, 11) is 1.01. The average molecular weight is 106 g/mol. The Morgan fingerprint density at radius 1 is 1.14 bits per heavy atom. The summed E-state index contributed by atoms with van der Waals surface area (Å²) in [5.74, 6) is 0. The summed E-state index contributed by atoms with van der Waals surface area (Å²) < 4.78 is 0. The van der Waals surface area contributed by atoms with Gasteiger partial charge in [-0.15, -0.1) is 0 Å². The van der Waals surface area contributed by atoms with Crippen LogP contribution in [0.5, 0.6) is 0 Å². The van der Waals surface area contributed by atoms with Crippen LogP contribution in [-0.4, -0.2) is 9.52 Å². The molecule has 1 heterocycles. The molecule has 2 aliphatic rings. The molecule has 1 saturated carbocycles. The maximum absolute atomic E-state index is 2.36. The van der Waals surface area contributed by atoms with Gasteiger partial charge in [0.2, 0.25) is 0 Å². The summed E-state index contributed by atoms with van der Waals surface area (Å²) in [6.45, 7) is 0. The Kier molecular flexibility index (Phi) is 0.576. The van der Waals surface area contributed by atoms with E-state index < -0.39 is 0 Å². The van der Waals surface area contributed by atoms with Gasteiger partial charge in [0.1, 0.15) is 9.52 Å². The number of hydrogen-bond donors (Lipinski definition) is 0. The summed E-state index contributed by atoms with van der Waals surface area (Å²) in [4.78, 5) is 0. The Morgan fingerprint density at radius 2 is 1.71 bits per heavy atom. The minimum absolute atomic E-state index is 1.01. The normalized spacial score (nSPS) is 25.1. The molecule has 0 bridgehead atoms. The lowest BCUT2D eigenvalue weighted by atomic mass is 9.89. The van der Waals surface area contributed by atoms with Gasteiger partial charge in [0.15, 0.2) is 0 Å². The largest absolute Gasteiger partial charge is 0.101 e. The Hall–Kier alpha value is -0.303. The fourth-order valence-corrected chi connectivity index (χ4v) is 2.13. The summed E-state index contributed by atoms with van der Waals surface area (Å²) >= 11 is 0. The third-order valence-electron chi connectivity index (χ3n) is 1.59. The van der Waals surface area contributed by atoms with Crippen LogP contribution in [0.4, 0.5) is 0 Å². The van der Waals surface area contributed by atoms with Gasteiger partial charge >= 0.3 is 0 Å². The molecule has 0 unspecified atom stereocenters. The Bertz CT molecular complexity index is 136. The van der Waals surface area contributed by atoms with Crippen molar-refractivity contribution in [1.82, 2.24) is 0 Å². The van der Waals surface area contributed by atoms with Crippen molar-refractivity contribution in [3.05, 3.63) is 22.5 Å². The molecule has 0 amide bonds. The number of hydrogen-bond acceptors (Lipinski definition) is 0. The van der Waals surface area contributed by atoms with Gasteiger partial charge in [0, 0.05) is 0 Å². The highest BCUT2D eigenvalue weighted by Gasteiger charge is 2.17. The Labute approximate surface area is 45.7 Å². The highest BCUT2D eigenvalue weighted by atomic mass is 28.2. The van der Waals surface area contributed by atoms with E-state index in [1.165, 1.54) is 12.8 Å². The van der Waals surface area contributed by atoms with Crippen LogP contribution in [0, 0.1) is 0 Å². The van der Waals surface area contributed by atoms with E-state index in [9.17, 15) is 0 Å². The third-order valence-corrected chi connectivity index (χ3v) is 2.62. The minimum Gasteiger partial charge on any atom is -0.0904 e. The molecular formula is C6H6Si. The van der Waals surface area contributed by atoms with Crippen molar-refractivity contribution in [1.29, 1.82) is 0 Å². The second-order valence-corrected chi connectivity index (χ2v) is 2.92. The Morgan fingerprint density at radius 3 is 2.00 bits per heavy atom. The first-order chi connectivity index (χ1) is 3.47. The van der Waals surface area contributed by atoms with Gasteiger partial charge in [-0.25, -0.2) is 0 Å². The molecule has 1 aliphatic carbocycles. The second kappa shape index (κ2) is 1.10. The van der Waals surface area contributed by atoms with Crippen LogP contribution >= 0.6 is 0 Å². The molecule has 2 radical (unpaired) electrons. The van der Waals surface area contributed by atoms with Gasteiger partial charge in [-0.2, -0.15) is 0 Å². The monoisotopic (exact) mass is 106 g/mol. The molecule has 0 aromatic carbocycles. The quantitative estimate of drug-likeness (QED) is 0.408. The molecule has 2 rings (SSSR count). The third kappa shape index (κ3) is 0.360. The SMILES string of the molecule is C1=C2CCC2=C[Si]1. The zero-order valence-corrected chi connectivity index (χ0v) is 5.07. The van der Waals surface area contributed by atoms with E-state index in [0.717, 1.165) is 9.52 Å². The number of fused-ring (bicyclic) bond motifs is 1. The van der Waals surface area contributed by atoms with Crippen molar-refractivity contribution in [3.8, 4) is 0 Å². The predicted octanol–water partition coefficient (Wildman–Crippen LogP) is 1.27. The molecule has 0 nitrogen and oxygen atoms in total. The molecule has 0 atom stereocenters. The van der Waals surface area contributed by atoms with E-state index in [-0.39, 0.29) is 0 Å². The molecule has 0 aromatic rings. The van der Waals surface area contributed by atoms with Crippen LogP contribution in [0.15, 0.2) is 22.5 Å². The lowest BCUT2D eigenvalue weighted by molar-refractivity contribution is 0.834. The standard InChI is InChI=1S/C6H6Si/c1-2-6-4-7-3-5(1)6/h3-4H,1-2H2. The van der Waals surface area contributed by atoms with Crippen LogP contribution in [0.3, 0.4) is 0 Å². The van der Waals surface area contributed by atoms with Gasteiger partial charge in [0.25, 0.3) is 0 Å². The first-order valence-electron chi connectivity index (χ1n) is 2.61. The molecule has 0 saturated heterocycles. The lowest BCUT2D eigenvalue weighted by Crippen LogP contribution is -1.97. The predicted molar refractivity (Wildman–Crippen MR) is 31.2 cm³/mol. The molecule has 0 aromatic heterocycles. The van der Waals surface area contributed by atoms with Gasteiger partial charge in [-0.05, 0) is 12.8 Å². The van der Waals surface area contributed by atoms with Gasteiger partial charge < -0.3 is 0 Å². The first-order valence-corrected chi connectivity index (χ1v) is 3.77. The summed E-state index contributed by atoms with van der Waals surface area (Å²) in [6.07, 6.45) is 2.72. The van der Waals surface area contributed by atoms with Crippen LogP contribution in [0.25, 0.3) is 0 Å². The molecule has 1 fully saturated rings. The molecule has 7 heavy (non-hydrogen) atoms. The van der Waals surface area contributed by atoms with Crippen LogP contribution in [-0.2, 0) is 0 Å². The van der Waals surface area contributed by atoms with E-state index >= 15 is 0 Å². The molecule has 1 aliphatic heterocycles. The lowest BCUT2D eigenvalue weighted by Gasteiger charge is -2.17.